The number of benzene rings is 1. The number of fused-ring (bicyclic) bond motifs is 1. The van der Waals surface area contributed by atoms with E-state index in [1.54, 1.807) is 6.07 Å². The van der Waals surface area contributed by atoms with Gasteiger partial charge in [0, 0.05) is 5.56 Å². The standard InChI is InChI=1S/C9H6O4S/c10-5-8-9(11)6-3-1-2-4-7(6)14(8,12)13/h1-5,8H. The van der Waals surface area contributed by atoms with E-state index in [-0.39, 0.29) is 16.7 Å². The summed E-state index contributed by atoms with van der Waals surface area (Å²) in [6.45, 7) is 0. The molecule has 5 heteroatoms. The highest BCUT2D eigenvalue weighted by atomic mass is 32.2. The summed E-state index contributed by atoms with van der Waals surface area (Å²) in [7, 11) is -3.76. The number of hydrogen-bond donors (Lipinski definition) is 0. The number of carbonyl (C=O) groups is 2. The van der Waals surface area contributed by atoms with Gasteiger partial charge in [-0.25, -0.2) is 8.42 Å². The van der Waals surface area contributed by atoms with Crippen molar-refractivity contribution in [3.63, 3.8) is 0 Å². The van der Waals surface area contributed by atoms with E-state index in [2.05, 4.69) is 0 Å². The molecule has 0 amide bonds. The molecular weight excluding hydrogens is 204 g/mol. The summed E-state index contributed by atoms with van der Waals surface area (Å²) in [6.07, 6.45) is 0.178. The van der Waals surface area contributed by atoms with Gasteiger partial charge in [0.25, 0.3) is 0 Å². The first kappa shape index (κ1) is 9.08. The molecule has 1 aromatic carbocycles. The largest absolute Gasteiger partial charge is 0.301 e. The molecule has 0 radical (unpaired) electrons. The average Bonchev–Trinajstić information content (AvgIpc) is 2.36. The van der Waals surface area contributed by atoms with Crippen molar-refractivity contribution in [1.82, 2.24) is 0 Å². The first-order chi connectivity index (χ1) is 6.59. The van der Waals surface area contributed by atoms with Crippen LogP contribution in [0.1, 0.15) is 10.4 Å². The van der Waals surface area contributed by atoms with E-state index in [0.717, 1.165) is 0 Å². The van der Waals surface area contributed by atoms with Crippen molar-refractivity contribution in [1.29, 1.82) is 0 Å². The Bertz CT molecular complexity index is 515. The van der Waals surface area contributed by atoms with Gasteiger partial charge in [-0.3, -0.25) is 4.79 Å². The maximum atomic E-state index is 11.6. The fourth-order valence-corrected chi connectivity index (χ4v) is 3.06. The fraction of sp³-hybridized carbons (Fsp3) is 0.111. The molecule has 1 atom stereocenters. The maximum Gasteiger partial charge on any atom is 0.196 e. The van der Waals surface area contributed by atoms with Crippen LogP contribution in [0.15, 0.2) is 29.2 Å². The highest BCUT2D eigenvalue weighted by Gasteiger charge is 2.43. The molecule has 0 fully saturated rings. The first-order valence-electron chi connectivity index (χ1n) is 3.91. The van der Waals surface area contributed by atoms with Gasteiger partial charge in [0.1, 0.15) is 6.29 Å². The van der Waals surface area contributed by atoms with Crippen LogP contribution < -0.4 is 0 Å². The topological polar surface area (TPSA) is 68.3 Å². The van der Waals surface area contributed by atoms with Crippen LogP contribution in [0.2, 0.25) is 0 Å². The summed E-state index contributed by atoms with van der Waals surface area (Å²) >= 11 is 0. The van der Waals surface area contributed by atoms with Crippen molar-refractivity contribution in [2.75, 3.05) is 0 Å². The van der Waals surface area contributed by atoms with Crippen LogP contribution in [-0.4, -0.2) is 25.7 Å². The lowest BCUT2D eigenvalue weighted by molar-refractivity contribution is -0.106. The number of aldehydes is 1. The lowest BCUT2D eigenvalue weighted by Gasteiger charge is -1.96. The van der Waals surface area contributed by atoms with Crippen molar-refractivity contribution in [2.24, 2.45) is 0 Å². The van der Waals surface area contributed by atoms with Gasteiger partial charge >= 0.3 is 0 Å². The molecule has 1 unspecified atom stereocenters. The third-order valence-corrected chi connectivity index (χ3v) is 4.14. The summed E-state index contributed by atoms with van der Waals surface area (Å²) in [5, 5.41) is -1.54. The molecule has 1 aliphatic heterocycles. The molecule has 0 spiro atoms. The lowest BCUT2D eigenvalue weighted by Crippen LogP contribution is -2.23. The van der Waals surface area contributed by atoms with Crippen LogP contribution in [0.5, 0.6) is 0 Å². The smallest absolute Gasteiger partial charge is 0.196 e. The van der Waals surface area contributed by atoms with E-state index < -0.39 is 20.9 Å². The molecule has 1 aliphatic rings. The van der Waals surface area contributed by atoms with Crippen molar-refractivity contribution in [3.05, 3.63) is 29.8 Å². The zero-order valence-electron chi connectivity index (χ0n) is 7.01. The quantitative estimate of drug-likeness (QED) is 0.491. The predicted octanol–water partition coefficient (Wildman–Crippen LogP) is 0.224. The van der Waals surface area contributed by atoms with Crippen LogP contribution in [-0.2, 0) is 14.6 Å². The van der Waals surface area contributed by atoms with Gasteiger partial charge in [-0.05, 0) is 6.07 Å². The highest BCUT2D eigenvalue weighted by molar-refractivity contribution is 7.94. The summed E-state index contributed by atoms with van der Waals surface area (Å²) < 4.78 is 23.1. The Balaban J connectivity index is 2.80. The monoisotopic (exact) mass is 210 g/mol. The number of sulfone groups is 1. The Kier molecular flexibility index (Phi) is 1.78. The molecule has 0 saturated carbocycles. The highest BCUT2D eigenvalue weighted by Crippen LogP contribution is 2.29. The number of Topliss-reactive ketones (excluding diaryl/α,β-unsaturated/α-hetero) is 1. The molecule has 0 aromatic heterocycles. The molecule has 0 bridgehead atoms. The van der Waals surface area contributed by atoms with Crippen molar-refractivity contribution in [2.45, 2.75) is 10.1 Å². The Morgan fingerprint density at radius 2 is 1.86 bits per heavy atom. The maximum absolute atomic E-state index is 11.6. The van der Waals surface area contributed by atoms with Gasteiger partial charge in [0.05, 0.1) is 4.90 Å². The zero-order valence-corrected chi connectivity index (χ0v) is 7.82. The molecule has 0 aliphatic carbocycles. The minimum Gasteiger partial charge on any atom is -0.301 e. The molecule has 0 saturated heterocycles. The summed E-state index contributed by atoms with van der Waals surface area (Å²) in [4.78, 5) is 21.9. The zero-order chi connectivity index (χ0) is 10.3. The second kappa shape index (κ2) is 2.75. The molecule has 72 valence electrons. The van der Waals surface area contributed by atoms with Crippen LogP contribution in [0, 0.1) is 0 Å². The van der Waals surface area contributed by atoms with Gasteiger partial charge < -0.3 is 4.79 Å². The predicted molar refractivity (Wildman–Crippen MR) is 47.8 cm³/mol. The number of ketones is 1. The van der Waals surface area contributed by atoms with Gasteiger partial charge in [-0.1, -0.05) is 18.2 Å². The number of carbonyl (C=O) groups excluding carboxylic acids is 2. The minimum absolute atomic E-state index is 0.0397. The average molecular weight is 210 g/mol. The van der Waals surface area contributed by atoms with Crippen molar-refractivity contribution >= 4 is 21.9 Å². The summed E-state index contributed by atoms with van der Waals surface area (Å²) in [6, 6.07) is 5.85. The molecule has 1 aromatic rings. The third kappa shape index (κ3) is 0.957. The number of rotatable bonds is 1. The van der Waals surface area contributed by atoms with E-state index in [1.165, 1.54) is 18.2 Å². The second-order valence-corrected chi connectivity index (χ2v) is 5.00. The van der Waals surface area contributed by atoms with Crippen molar-refractivity contribution < 1.29 is 18.0 Å². The summed E-state index contributed by atoms with van der Waals surface area (Å²) in [5.74, 6) is -0.629. The van der Waals surface area contributed by atoms with Crippen LogP contribution >= 0.6 is 0 Å². The van der Waals surface area contributed by atoms with Crippen LogP contribution in [0.25, 0.3) is 0 Å². The van der Waals surface area contributed by atoms with E-state index >= 15 is 0 Å². The Labute approximate surface area is 80.5 Å². The van der Waals surface area contributed by atoms with E-state index in [4.69, 9.17) is 0 Å². The minimum atomic E-state index is -3.76. The van der Waals surface area contributed by atoms with Gasteiger partial charge in [0.2, 0.25) is 0 Å². The Morgan fingerprint density at radius 3 is 2.43 bits per heavy atom. The normalized spacial score (nSPS) is 23.1. The van der Waals surface area contributed by atoms with E-state index in [9.17, 15) is 18.0 Å². The summed E-state index contributed by atoms with van der Waals surface area (Å²) in [5.41, 5.74) is 0.115. The first-order valence-corrected chi connectivity index (χ1v) is 5.46. The molecule has 4 nitrogen and oxygen atoms in total. The van der Waals surface area contributed by atoms with Gasteiger partial charge in [0.15, 0.2) is 20.9 Å². The Morgan fingerprint density at radius 1 is 1.21 bits per heavy atom. The lowest BCUT2D eigenvalue weighted by atomic mass is 10.1. The molecular formula is C9H6O4S. The van der Waals surface area contributed by atoms with Crippen LogP contribution in [0.3, 0.4) is 0 Å². The fourth-order valence-electron chi connectivity index (χ4n) is 1.48. The van der Waals surface area contributed by atoms with Gasteiger partial charge in [-0.2, -0.15) is 0 Å². The molecule has 0 N–H and O–H groups in total. The molecule has 1 heterocycles. The van der Waals surface area contributed by atoms with Crippen molar-refractivity contribution in [3.8, 4) is 0 Å². The third-order valence-electron chi connectivity index (χ3n) is 2.18. The SMILES string of the molecule is O=CC1C(=O)c2ccccc2S1(=O)=O. The van der Waals surface area contributed by atoms with Crippen LogP contribution in [0.4, 0.5) is 0 Å². The van der Waals surface area contributed by atoms with E-state index in [0.29, 0.717) is 0 Å². The molecule has 14 heavy (non-hydrogen) atoms. The Hall–Kier alpha value is -1.49. The molecule has 2 rings (SSSR count). The van der Waals surface area contributed by atoms with E-state index in [1.807, 2.05) is 0 Å². The second-order valence-electron chi connectivity index (χ2n) is 2.96. The van der Waals surface area contributed by atoms with Gasteiger partial charge in [-0.15, -0.1) is 0 Å². The number of hydrogen-bond acceptors (Lipinski definition) is 4.